The predicted octanol–water partition coefficient (Wildman–Crippen LogP) is 1.11. The summed E-state index contributed by atoms with van der Waals surface area (Å²) in [5, 5.41) is 10.2. The molecule has 0 saturated heterocycles. The predicted molar refractivity (Wildman–Crippen MR) is 60.7 cm³/mol. The van der Waals surface area contributed by atoms with Crippen molar-refractivity contribution in [2.75, 3.05) is 0 Å². The van der Waals surface area contributed by atoms with Gasteiger partial charge in [0.15, 0.2) is 0 Å². The van der Waals surface area contributed by atoms with Crippen molar-refractivity contribution in [1.82, 2.24) is 0 Å². The number of esters is 1. The Morgan fingerprint density at radius 1 is 1.41 bits per heavy atom. The van der Waals surface area contributed by atoms with Gasteiger partial charge in [-0.2, -0.15) is 0 Å². The molecular formula is C13H14O4. The average molecular weight is 234 g/mol. The van der Waals surface area contributed by atoms with E-state index in [0.29, 0.717) is 11.1 Å². The Kier molecular flexibility index (Phi) is 2.75. The molecule has 0 aromatic heterocycles. The summed E-state index contributed by atoms with van der Waals surface area (Å²) >= 11 is 0. The lowest BCUT2D eigenvalue weighted by molar-refractivity contribution is -0.163. The van der Waals surface area contributed by atoms with E-state index in [-0.39, 0.29) is 12.5 Å². The molecule has 0 unspecified atom stereocenters. The van der Waals surface area contributed by atoms with Crippen LogP contribution in [-0.4, -0.2) is 28.6 Å². The van der Waals surface area contributed by atoms with Gasteiger partial charge in [-0.3, -0.25) is 4.79 Å². The number of carbonyl (C=O) groups is 2. The lowest BCUT2D eigenvalue weighted by Gasteiger charge is -2.20. The summed E-state index contributed by atoms with van der Waals surface area (Å²) in [7, 11) is 0. The fourth-order valence-corrected chi connectivity index (χ4v) is 1.95. The van der Waals surface area contributed by atoms with Crippen molar-refractivity contribution >= 4 is 11.8 Å². The second-order valence-corrected chi connectivity index (χ2v) is 4.48. The smallest absolute Gasteiger partial charge is 0.347 e. The van der Waals surface area contributed by atoms with E-state index in [0.717, 1.165) is 0 Å². The Bertz CT molecular complexity index is 478. The van der Waals surface area contributed by atoms with Crippen LogP contribution < -0.4 is 0 Å². The molecular weight excluding hydrogens is 220 g/mol. The number of fused-ring (bicyclic) bond motifs is 1. The van der Waals surface area contributed by atoms with Gasteiger partial charge >= 0.3 is 5.97 Å². The quantitative estimate of drug-likeness (QED) is 0.615. The van der Waals surface area contributed by atoms with E-state index in [9.17, 15) is 14.7 Å². The van der Waals surface area contributed by atoms with Crippen LogP contribution in [0.3, 0.4) is 0 Å². The highest BCUT2D eigenvalue weighted by Gasteiger charge is 2.51. The van der Waals surface area contributed by atoms with Crippen molar-refractivity contribution in [1.29, 1.82) is 0 Å². The molecule has 0 spiro atoms. The summed E-state index contributed by atoms with van der Waals surface area (Å²) in [4.78, 5) is 23.8. The molecule has 1 aliphatic rings. The van der Waals surface area contributed by atoms with Gasteiger partial charge < -0.3 is 9.84 Å². The lowest BCUT2D eigenvalue weighted by atomic mass is 9.99. The molecule has 1 N–H and O–H groups in total. The van der Waals surface area contributed by atoms with E-state index in [1.807, 2.05) is 0 Å². The zero-order chi connectivity index (χ0) is 12.6. The van der Waals surface area contributed by atoms with Crippen LogP contribution in [-0.2, 0) is 16.0 Å². The minimum atomic E-state index is -2.05. The molecule has 0 heterocycles. The lowest BCUT2D eigenvalue weighted by Crippen LogP contribution is -2.46. The third-order valence-corrected chi connectivity index (χ3v) is 2.76. The second kappa shape index (κ2) is 3.96. The number of hydrogen-bond acceptors (Lipinski definition) is 4. The highest BCUT2D eigenvalue weighted by atomic mass is 16.6. The molecule has 2 rings (SSSR count). The summed E-state index contributed by atoms with van der Waals surface area (Å²) < 4.78 is 4.93. The maximum Gasteiger partial charge on any atom is 0.347 e. The van der Waals surface area contributed by atoms with Crippen molar-refractivity contribution in [2.24, 2.45) is 0 Å². The van der Waals surface area contributed by atoms with Gasteiger partial charge in [0.1, 0.15) is 0 Å². The average Bonchev–Trinajstić information content (AvgIpc) is 2.52. The summed E-state index contributed by atoms with van der Waals surface area (Å²) in [6.07, 6.45) is -0.365. The van der Waals surface area contributed by atoms with E-state index < -0.39 is 17.4 Å². The molecule has 1 atom stereocenters. The van der Waals surface area contributed by atoms with Crippen molar-refractivity contribution in [2.45, 2.75) is 32.0 Å². The van der Waals surface area contributed by atoms with Gasteiger partial charge in [-0.1, -0.05) is 24.3 Å². The monoisotopic (exact) mass is 234 g/mol. The SMILES string of the molecule is CC(C)OC(=O)[C@@]1(O)Cc2ccccc2C1=O. The summed E-state index contributed by atoms with van der Waals surface area (Å²) in [5.41, 5.74) is -0.968. The first kappa shape index (κ1) is 11.8. The summed E-state index contributed by atoms with van der Waals surface area (Å²) in [6.45, 7) is 3.35. The first-order valence-corrected chi connectivity index (χ1v) is 5.51. The zero-order valence-corrected chi connectivity index (χ0v) is 9.77. The van der Waals surface area contributed by atoms with Gasteiger partial charge in [0.2, 0.25) is 11.4 Å². The number of aliphatic hydroxyl groups is 1. The maximum atomic E-state index is 12.0. The largest absolute Gasteiger partial charge is 0.460 e. The van der Waals surface area contributed by atoms with Crippen molar-refractivity contribution in [3.05, 3.63) is 35.4 Å². The van der Waals surface area contributed by atoms with Crippen molar-refractivity contribution < 1.29 is 19.4 Å². The van der Waals surface area contributed by atoms with Gasteiger partial charge in [0.05, 0.1) is 6.10 Å². The maximum absolute atomic E-state index is 12.0. The fourth-order valence-electron chi connectivity index (χ4n) is 1.95. The number of ketones is 1. The Morgan fingerprint density at radius 2 is 2.06 bits per heavy atom. The molecule has 0 fully saturated rings. The van der Waals surface area contributed by atoms with Gasteiger partial charge in [0.25, 0.3) is 0 Å². The fraction of sp³-hybridized carbons (Fsp3) is 0.385. The number of Topliss-reactive ketones (excluding diaryl/α,β-unsaturated/α-hetero) is 1. The Labute approximate surface area is 99.2 Å². The number of rotatable bonds is 2. The van der Waals surface area contributed by atoms with Crippen LogP contribution in [0.2, 0.25) is 0 Å². The van der Waals surface area contributed by atoms with Crippen LogP contribution in [0, 0.1) is 0 Å². The van der Waals surface area contributed by atoms with Gasteiger partial charge in [-0.25, -0.2) is 4.79 Å². The third-order valence-electron chi connectivity index (χ3n) is 2.76. The molecule has 0 radical (unpaired) electrons. The topological polar surface area (TPSA) is 63.6 Å². The minimum Gasteiger partial charge on any atom is -0.460 e. The minimum absolute atomic E-state index is 0.00639. The first-order chi connectivity index (χ1) is 7.95. The van der Waals surface area contributed by atoms with Crippen LogP contribution in [0.15, 0.2) is 24.3 Å². The van der Waals surface area contributed by atoms with E-state index in [1.54, 1.807) is 38.1 Å². The van der Waals surface area contributed by atoms with E-state index in [2.05, 4.69) is 0 Å². The van der Waals surface area contributed by atoms with Crippen LogP contribution in [0.4, 0.5) is 0 Å². The molecule has 4 heteroatoms. The summed E-state index contributed by atoms with van der Waals surface area (Å²) in [5.74, 6) is -1.44. The van der Waals surface area contributed by atoms with Crippen molar-refractivity contribution in [3.8, 4) is 0 Å². The number of benzene rings is 1. The normalized spacial score (nSPS) is 22.7. The molecule has 1 aromatic carbocycles. The Hall–Kier alpha value is -1.68. The Balaban J connectivity index is 2.32. The van der Waals surface area contributed by atoms with Gasteiger partial charge in [-0.05, 0) is 19.4 Å². The standard InChI is InChI=1S/C13H14O4/c1-8(2)17-12(15)13(16)7-9-5-3-4-6-10(9)11(13)14/h3-6,8,16H,7H2,1-2H3/t13-/m1/s1. The molecule has 90 valence electrons. The van der Waals surface area contributed by atoms with Crippen LogP contribution in [0.5, 0.6) is 0 Å². The molecule has 4 nitrogen and oxygen atoms in total. The van der Waals surface area contributed by atoms with Crippen LogP contribution >= 0.6 is 0 Å². The van der Waals surface area contributed by atoms with Crippen LogP contribution in [0.1, 0.15) is 29.8 Å². The zero-order valence-electron chi connectivity index (χ0n) is 9.77. The van der Waals surface area contributed by atoms with E-state index in [1.165, 1.54) is 0 Å². The third kappa shape index (κ3) is 1.85. The highest BCUT2D eigenvalue weighted by Crippen LogP contribution is 2.31. The molecule has 17 heavy (non-hydrogen) atoms. The highest BCUT2D eigenvalue weighted by molar-refractivity contribution is 6.18. The van der Waals surface area contributed by atoms with E-state index in [4.69, 9.17) is 4.74 Å². The number of carbonyl (C=O) groups excluding carboxylic acids is 2. The number of hydrogen-bond donors (Lipinski definition) is 1. The molecule has 0 saturated carbocycles. The first-order valence-electron chi connectivity index (χ1n) is 5.51. The molecule has 1 aromatic rings. The molecule has 0 aliphatic heterocycles. The number of ether oxygens (including phenoxy) is 1. The molecule has 0 bridgehead atoms. The van der Waals surface area contributed by atoms with Gasteiger partial charge in [0, 0.05) is 12.0 Å². The van der Waals surface area contributed by atoms with E-state index >= 15 is 0 Å². The second-order valence-electron chi connectivity index (χ2n) is 4.48. The van der Waals surface area contributed by atoms with Crippen LogP contribution in [0.25, 0.3) is 0 Å². The van der Waals surface area contributed by atoms with Crippen molar-refractivity contribution in [3.63, 3.8) is 0 Å². The Morgan fingerprint density at radius 3 is 2.65 bits per heavy atom. The van der Waals surface area contributed by atoms with Gasteiger partial charge in [-0.15, -0.1) is 0 Å². The summed E-state index contributed by atoms with van der Waals surface area (Å²) in [6, 6.07) is 6.81. The molecule has 1 aliphatic carbocycles. The molecule has 0 amide bonds.